The van der Waals surface area contributed by atoms with Gasteiger partial charge in [0.15, 0.2) is 11.5 Å². The number of hydrogen-bond acceptors (Lipinski definition) is 6. The van der Waals surface area contributed by atoms with Crippen LogP contribution in [0.1, 0.15) is 45.8 Å². The first-order valence-electron chi connectivity index (χ1n) is 9.93. The Kier molecular flexibility index (Phi) is 7.48. The van der Waals surface area contributed by atoms with Crippen LogP contribution in [-0.2, 0) is 6.42 Å². The van der Waals surface area contributed by atoms with Crippen LogP contribution < -0.4 is 14.9 Å². The van der Waals surface area contributed by atoms with Gasteiger partial charge in [-0.3, -0.25) is 9.78 Å². The first-order chi connectivity index (χ1) is 15.1. The lowest BCUT2D eigenvalue weighted by atomic mass is 10.2. The molecule has 1 aromatic heterocycles. The SMILES string of the molecule is CCOc1cc(/C=N\NC(=O)c2ccc(CC)cn2)ccc1OC(=O)c1ccccc1. The van der Waals surface area contributed by atoms with Crippen LogP contribution in [0.3, 0.4) is 0 Å². The number of nitrogens with one attached hydrogen (secondary N) is 1. The monoisotopic (exact) mass is 417 g/mol. The van der Waals surface area contributed by atoms with Gasteiger partial charge in [-0.1, -0.05) is 31.2 Å². The highest BCUT2D eigenvalue weighted by atomic mass is 16.6. The molecule has 3 rings (SSSR count). The normalized spacial score (nSPS) is 10.6. The molecule has 0 bridgehead atoms. The number of amides is 1. The van der Waals surface area contributed by atoms with E-state index in [9.17, 15) is 9.59 Å². The summed E-state index contributed by atoms with van der Waals surface area (Å²) in [4.78, 5) is 28.6. The Balaban J connectivity index is 1.68. The Morgan fingerprint density at radius 3 is 2.52 bits per heavy atom. The molecular formula is C24H23N3O4. The molecule has 2 aromatic carbocycles. The molecule has 0 saturated carbocycles. The van der Waals surface area contributed by atoms with Crippen molar-refractivity contribution >= 4 is 18.1 Å². The Morgan fingerprint density at radius 2 is 1.84 bits per heavy atom. The molecule has 0 radical (unpaired) electrons. The Labute approximate surface area is 180 Å². The third kappa shape index (κ3) is 5.99. The van der Waals surface area contributed by atoms with Crippen LogP contribution in [0.25, 0.3) is 0 Å². The summed E-state index contributed by atoms with van der Waals surface area (Å²) < 4.78 is 11.1. The minimum atomic E-state index is -0.475. The summed E-state index contributed by atoms with van der Waals surface area (Å²) in [5.41, 5.74) is 4.89. The molecule has 1 N–H and O–H groups in total. The molecule has 0 aliphatic heterocycles. The lowest BCUT2D eigenvalue weighted by molar-refractivity contribution is 0.0728. The van der Waals surface area contributed by atoms with Crippen LogP contribution in [0.15, 0.2) is 72.0 Å². The molecule has 0 saturated heterocycles. The van der Waals surface area contributed by atoms with Crippen molar-refractivity contribution in [2.45, 2.75) is 20.3 Å². The summed E-state index contributed by atoms with van der Waals surface area (Å²) in [6.45, 7) is 4.25. The van der Waals surface area contributed by atoms with Gasteiger partial charge in [0.05, 0.1) is 18.4 Å². The van der Waals surface area contributed by atoms with Crippen LogP contribution in [0, 0.1) is 0 Å². The number of ether oxygens (including phenoxy) is 2. The van der Waals surface area contributed by atoms with Gasteiger partial charge in [0.2, 0.25) is 0 Å². The maximum Gasteiger partial charge on any atom is 0.343 e. The fourth-order valence-corrected chi connectivity index (χ4v) is 2.68. The summed E-state index contributed by atoms with van der Waals surface area (Å²) in [6, 6.07) is 17.2. The second kappa shape index (κ2) is 10.7. The average molecular weight is 417 g/mol. The number of esters is 1. The quantitative estimate of drug-likeness (QED) is 0.259. The molecule has 31 heavy (non-hydrogen) atoms. The summed E-state index contributed by atoms with van der Waals surface area (Å²) in [7, 11) is 0. The topological polar surface area (TPSA) is 89.9 Å². The van der Waals surface area contributed by atoms with Crippen molar-refractivity contribution in [1.82, 2.24) is 10.4 Å². The zero-order valence-electron chi connectivity index (χ0n) is 17.4. The summed E-state index contributed by atoms with van der Waals surface area (Å²) in [5.74, 6) is -0.176. The van der Waals surface area contributed by atoms with Gasteiger partial charge < -0.3 is 9.47 Å². The molecule has 0 unspecified atom stereocenters. The first-order valence-corrected chi connectivity index (χ1v) is 9.93. The number of hydrogen-bond donors (Lipinski definition) is 1. The van der Waals surface area contributed by atoms with Crippen molar-refractivity contribution in [1.29, 1.82) is 0 Å². The van der Waals surface area contributed by atoms with Crippen LogP contribution in [0.5, 0.6) is 11.5 Å². The zero-order valence-corrected chi connectivity index (χ0v) is 17.4. The highest BCUT2D eigenvalue weighted by molar-refractivity contribution is 5.93. The van der Waals surface area contributed by atoms with E-state index in [2.05, 4.69) is 15.5 Å². The minimum Gasteiger partial charge on any atom is -0.490 e. The van der Waals surface area contributed by atoms with Gasteiger partial charge in [-0.15, -0.1) is 0 Å². The van der Waals surface area contributed by atoms with Crippen molar-refractivity contribution in [2.24, 2.45) is 5.10 Å². The van der Waals surface area contributed by atoms with Crippen molar-refractivity contribution in [3.63, 3.8) is 0 Å². The van der Waals surface area contributed by atoms with Crippen molar-refractivity contribution in [2.75, 3.05) is 6.61 Å². The van der Waals surface area contributed by atoms with E-state index in [1.165, 1.54) is 6.21 Å². The van der Waals surface area contributed by atoms with Gasteiger partial charge in [0.25, 0.3) is 5.91 Å². The molecule has 3 aromatic rings. The van der Waals surface area contributed by atoms with Gasteiger partial charge in [-0.2, -0.15) is 5.10 Å². The lowest BCUT2D eigenvalue weighted by Crippen LogP contribution is -2.19. The molecule has 1 heterocycles. The van der Waals surface area contributed by atoms with E-state index >= 15 is 0 Å². The molecular weight excluding hydrogens is 394 g/mol. The standard InChI is InChI=1S/C24H23N3O4/c1-3-17-10-12-20(25-15-17)23(28)27-26-16-18-11-13-21(22(14-18)30-4-2)31-24(29)19-8-6-5-7-9-19/h5-16H,3-4H2,1-2H3,(H,27,28)/b26-16-. The maximum absolute atomic E-state index is 12.3. The highest BCUT2D eigenvalue weighted by Crippen LogP contribution is 2.29. The van der Waals surface area contributed by atoms with E-state index in [4.69, 9.17) is 9.47 Å². The number of pyridine rings is 1. The van der Waals surface area contributed by atoms with E-state index in [1.807, 2.05) is 26.0 Å². The molecule has 0 fully saturated rings. The molecule has 7 heteroatoms. The second-order valence-electron chi connectivity index (χ2n) is 6.50. The number of aryl methyl sites for hydroxylation is 1. The third-order valence-electron chi connectivity index (χ3n) is 4.33. The van der Waals surface area contributed by atoms with Crippen LogP contribution in [-0.4, -0.2) is 29.7 Å². The van der Waals surface area contributed by atoms with Crippen molar-refractivity contribution in [3.05, 3.63) is 89.2 Å². The Hall–Kier alpha value is -4.00. The number of carbonyl (C=O) groups is 2. The summed E-state index contributed by atoms with van der Waals surface area (Å²) >= 11 is 0. The minimum absolute atomic E-state index is 0.285. The fraction of sp³-hybridized carbons (Fsp3) is 0.167. The Morgan fingerprint density at radius 1 is 1.03 bits per heavy atom. The van der Waals surface area contributed by atoms with Gasteiger partial charge in [-0.25, -0.2) is 10.2 Å². The molecule has 0 spiro atoms. The predicted molar refractivity (Wildman–Crippen MR) is 118 cm³/mol. The largest absolute Gasteiger partial charge is 0.490 e. The molecule has 0 atom stereocenters. The smallest absolute Gasteiger partial charge is 0.343 e. The predicted octanol–water partition coefficient (Wildman–Crippen LogP) is 4.03. The number of carbonyl (C=O) groups excluding carboxylic acids is 2. The number of hydrazone groups is 1. The van der Waals surface area contributed by atoms with Crippen LogP contribution >= 0.6 is 0 Å². The first kappa shape index (κ1) is 21.7. The van der Waals surface area contributed by atoms with Gasteiger partial charge in [0, 0.05) is 6.20 Å². The third-order valence-corrected chi connectivity index (χ3v) is 4.33. The number of benzene rings is 2. The van der Waals surface area contributed by atoms with E-state index in [0.29, 0.717) is 29.2 Å². The average Bonchev–Trinajstić information content (AvgIpc) is 2.81. The molecule has 7 nitrogen and oxygen atoms in total. The summed E-state index contributed by atoms with van der Waals surface area (Å²) in [6.07, 6.45) is 4.00. The number of rotatable bonds is 8. The highest BCUT2D eigenvalue weighted by Gasteiger charge is 2.13. The van der Waals surface area contributed by atoms with E-state index in [1.54, 1.807) is 54.7 Å². The van der Waals surface area contributed by atoms with E-state index in [0.717, 1.165) is 12.0 Å². The lowest BCUT2D eigenvalue weighted by Gasteiger charge is -2.11. The fourth-order valence-electron chi connectivity index (χ4n) is 2.68. The maximum atomic E-state index is 12.3. The van der Waals surface area contributed by atoms with Gasteiger partial charge >= 0.3 is 5.97 Å². The molecule has 1 amide bonds. The van der Waals surface area contributed by atoms with Crippen molar-refractivity contribution < 1.29 is 19.1 Å². The van der Waals surface area contributed by atoms with E-state index in [-0.39, 0.29) is 5.69 Å². The Bertz CT molecular complexity index is 1060. The van der Waals surface area contributed by atoms with Crippen molar-refractivity contribution in [3.8, 4) is 11.5 Å². The molecule has 0 aliphatic rings. The van der Waals surface area contributed by atoms with Gasteiger partial charge in [0.1, 0.15) is 5.69 Å². The second-order valence-corrected chi connectivity index (χ2v) is 6.50. The van der Waals surface area contributed by atoms with E-state index < -0.39 is 11.9 Å². The molecule has 158 valence electrons. The van der Waals surface area contributed by atoms with Gasteiger partial charge in [-0.05, 0) is 60.9 Å². The number of nitrogens with zero attached hydrogens (tertiary/aromatic N) is 2. The number of aromatic nitrogens is 1. The van der Waals surface area contributed by atoms with Crippen LogP contribution in [0.2, 0.25) is 0 Å². The van der Waals surface area contributed by atoms with Crippen LogP contribution in [0.4, 0.5) is 0 Å². The zero-order chi connectivity index (χ0) is 22.1. The molecule has 0 aliphatic carbocycles. The summed E-state index contributed by atoms with van der Waals surface area (Å²) in [5, 5.41) is 3.97.